The number of rotatable bonds is 3. The summed E-state index contributed by atoms with van der Waals surface area (Å²) in [5.74, 6) is -0.300. The Bertz CT molecular complexity index is 558. The van der Waals surface area contributed by atoms with Gasteiger partial charge in [-0.1, -0.05) is 0 Å². The molecule has 0 atom stereocenters. The molecular weight excluding hydrogens is 230 g/mol. The first-order valence-electron chi connectivity index (χ1n) is 4.36. The highest BCUT2D eigenvalue weighted by Crippen LogP contribution is 2.23. The molecule has 2 heterocycles. The summed E-state index contributed by atoms with van der Waals surface area (Å²) < 4.78 is 1.65. The maximum atomic E-state index is 11.9. The van der Waals surface area contributed by atoms with Crippen molar-refractivity contribution in [3.8, 4) is 0 Å². The first-order chi connectivity index (χ1) is 7.59. The molecule has 2 rings (SSSR count). The molecule has 2 aromatic heterocycles. The summed E-state index contributed by atoms with van der Waals surface area (Å²) in [7, 11) is 1.73. The summed E-state index contributed by atoms with van der Waals surface area (Å²) >= 11 is 0.783. The van der Waals surface area contributed by atoms with Crippen LogP contribution in [0, 0.1) is 10.1 Å². The van der Waals surface area contributed by atoms with Crippen LogP contribution in [0.25, 0.3) is 0 Å². The lowest BCUT2D eigenvalue weighted by Crippen LogP contribution is -2.05. The van der Waals surface area contributed by atoms with Crippen molar-refractivity contribution in [2.24, 2.45) is 7.05 Å². The van der Waals surface area contributed by atoms with E-state index in [4.69, 9.17) is 0 Å². The number of hydrogen-bond acceptors (Lipinski definition) is 5. The van der Waals surface area contributed by atoms with Gasteiger partial charge in [0, 0.05) is 13.2 Å². The van der Waals surface area contributed by atoms with E-state index in [1.807, 2.05) is 0 Å². The van der Waals surface area contributed by atoms with Gasteiger partial charge < -0.3 is 4.57 Å². The SMILES string of the molecule is Cn1cccc1C(=O)c1ncc([N+](=O)[O-])s1. The van der Waals surface area contributed by atoms with Crippen LogP contribution in [0.1, 0.15) is 15.5 Å². The molecule has 0 aliphatic carbocycles. The molecule has 82 valence electrons. The highest BCUT2D eigenvalue weighted by atomic mass is 32.1. The maximum absolute atomic E-state index is 11.9. The van der Waals surface area contributed by atoms with E-state index in [1.54, 1.807) is 29.9 Å². The van der Waals surface area contributed by atoms with Gasteiger partial charge >= 0.3 is 5.00 Å². The van der Waals surface area contributed by atoms with Crippen LogP contribution in [-0.4, -0.2) is 20.3 Å². The Morgan fingerprint density at radius 2 is 2.38 bits per heavy atom. The Balaban J connectivity index is 2.35. The number of hydrogen-bond donors (Lipinski definition) is 0. The first kappa shape index (κ1) is 10.5. The summed E-state index contributed by atoms with van der Waals surface area (Å²) in [5, 5.41) is 10.5. The Hall–Kier alpha value is -2.02. The molecule has 6 nitrogen and oxygen atoms in total. The van der Waals surface area contributed by atoms with Gasteiger partial charge in [0.25, 0.3) is 0 Å². The van der Waals surface area contributed by atoms with Gasteiger partial charge in [0.15, 0.2) is 5.01 Å². The second-order valence-electron chi connectivity index (χ2n) is 3.09. The lowest BCUT2D eigenvalue weighted by molar-refractivity contribution is -0.380. The van der Waals surface area contributed by atoms with E-state index in [9.17, 15) is 14.9 Å². The smallest absolute Gasteiger partial charge is 0.344 e. The molecule has 16 heavy (non-hydrogen) atoms. The lowest BCUT2D eigenvalue weighted by Gasteiger charge is -1.97. The zero-order chi connectivity index (χ0) is 11.7. The highest BCUT2D eigenvalue weighted by molar-refractivity contribution is 7.16. The summed E-state index contributed by atoms with van der Waals surface area (Å²) in [5.41, 5.74) is 0.462. The number of aromatic nitrogens is 2. The second kappa shape index (κ2) is 3.86. The number of carbonyl (C=O) groups is 1. The van der Waals surface area contributed by atoms with Crippen molar-refractivity contribution in [3.05, 3.63) is 45.3 Å². The summed E-state index contributed by atoms with van der Waals surface area (Å²) in [6, 6.07) is 3.38. The standard InChI is InChI=1S/C9H7N3O3S/c1-11-4-2-3-6(11)8(13)9-10-5-7(16-9)12(14)15/h2-5H,1H3. The second-order valence-corrected chi connectivity index (χ2v) is 4.10. The molecule has 7 heteroatoms. The van der Waals surface area contributed by atoms with Crippen LogP contribution in [0.5, 0.6) is 0 Å². The average molecular weight is 237 g/mol. The molecule has 0 aliphatic heterocycles. The topological polar surface area (TPSA) is 78.0 Å². The van der Waals surface area contributed by atoms with E-state index in [1.165, 1.54) is 0 Å². The molecule has 0 saturated carbocycles. The van der Waals surface area contributed by atoms with E-state index < -0.39 is 4.92 Å². The third-order valence-corrected chi connectivity index (χ3v) is 2.99. The van der Waals surface area contributed by atoms with Gasteiger partial charge in [-0.2, -0.15) is 0 Å². The molecule has 0 spiro atoms. The van der Waals surface area contributed by atoms with Crippen molar-refractivity contribution >= 4 is 22.1 Å². The fraction of sp³-hybridized carbons (Fsp3) is 0.111. The molecular formula is C9H7N3O3S. The molecule has 0 N–H and O–H groups in total. The fourth-order valence-corrected chi connectivity index (χ4v) is 1.94. The van der Waals surface area contributed by atoms with E-state index in [-0.39, 0.29) is 15.8 Å². The van der Waals surface area contributed by atoms with Gasteiger partial charge in [-0.25, -0.2) is 4.98 Å². The third kappa shape index (κ3) is 1.72. The predicted molar refractivity (Wildman–Crippen MR) is 57.6 cm³/mol. The highest BCUT2D eigenvalue weighted by Gasteiger charge is 2.19. The van der Waals surface area contributed by atoms with Gasteiger partial charge in [0.05, 0.1) is 10.6 Å². The van der Waals surface area contributed by atoms with Crippen LogP contribution in [0.15, 0.2) is 24.5 Å². The molecule has 0 unspecified atom stereocenters. The van der Waals surface area contributed by atoms with Crippen molar-refractivity contribution in [2.45, 2.75) is 0 Å². The molecule has 2 aromatic rings. The minimum Gasteiger partial charge on any atom is -0.348 e. The number of aryl methyl sites for hydroxylation is 1. The van der Waals surface area contributed by atoms with E-state index in [0.29, 0.717) is 5.69 Å². The third-order valence-electron chi connectivity index (χ3n) is 2.04. The summed E-state index contributed by atoms with van der Waals surface area (Å²) in [6.45, 7) is 0. The zero-order valence-corrected chi connectivity index (χ0v) is 9.10. The quantitative estimate of drug-likeness (QED) is 0.461. The van der Waals surface area contributed by atoms with Gasteiger partial charge in [0.1, 0.15) is 6.20 Å². The normalized spacial score (nSPS) is 10.3. The number of ketones is 1. The number of nitro groups is 1. The molecule has 0 amide bonds. The Labute approximate surface area is 94.3 Å². The number of carbonyl (C=O) groups excluding carboxylic acids is 1. The predicted octanol–water partition coefficient (Wildman–Crippen LogP) is 1.62. The summed E-state index contributed by atoms with van der Waals surface area (Å²) in [4.78, 5) is 25.5. The monoisotopic (exact) mass is 237 g/mol. The molecule has 0 bridgehead atoms. The Kier molecular flexibility index (Phi) is 2.53. The van der Waals surface area contributed by atoms with Crippen molar-refractivity contribution in [3.63, 3.8) is 0 Å². The number of nitrogens with zero attached hydrogens (tertiary/aromatic N) is 3. The van der Waals surface area contributed by atoms with Gasteiger partial charge in [-0.3, -0.25) is 14.9 Å². The van der Waals surface area contributed by atoms with Crippen molar-refractivity contribution in [1.29, 1.82) is 0 Å². The Morgan fingerprint density at radius 3 is 2.88 bits per heavy atom. The largest absolute Gasteiger partial charge is 0.348 e. The average Bonchev–Trinajstić information content (AvgIpc) is 2.84. The van der Waals surface area contributed by atoms with Crippen LogP contribution >= 0.6 is 11.3 Å². The van der Waals surface area contributed by atoms with Crippen LogP contribution in [-0.2, 0) is 7.05 Å². The molecule has 0 aromatic carbocycles. The van der Waals surface area contributed by atoms with Crippen LogP contribution in [0.3, 0.4) is 0 Å². The van der Waals surface area contributed by atoms with Crippen LogP contribution < -0.4 is 0 Å². The minimum absolute atomic E-state index is 0.127. The molecule has 0 aliphatic rings. The summed E-state index contributed by atoms with van der Waals surface area (Å²) in [6.07, 6.45) is 2.83. The Morgan fingerprint density at radius 1 is 1.62 bits per heavy atom. The van der Waals surface area contributed by atoms with Gasteiger partial charge in [-0.15, -0.1) is 0 Å². The van der Waals surface area contributed by atoms with E-state index in [2.05, 4.69) is 4.98 Å². The molecule has 0 saturated heterocycles. The van der Waals surface area contributed by atoms with E-state index in [0.717, 1.165) is 17.5 Å². The van der Waals surface area contributed by atoms with Crippen molar-refractivity contribution in [2.75, 3.05) is 0 Å². The fourth-order valence-electron chi connectivity index (χ4n) is 1.26. The van der Waals surface area contributed by atoms with Crippen LogP contribution in [0.4, 0.5) is 5.00 Å². The van der Waals surface area contributed by atoms with Crippen molar-refractivity contribution in [1.82, 2.24) is 9.55 Å². The lowest BCUT2D eigenvalue weighted by atomic mass is 10.3. The van der Waals surface area contributed by atoms with Gasteiger partial charge in [0.2, 0.25) is 5.78 Å². The van der Waals surface area contributed by atoms with Crippen molar-refractivity contribution < 1.29 is 9.72 Å². The zero-order valence-electron chi connectivity index (χ0n) is 8.28. The molecule has 0 radical (unpaired) electrons. The molecule has 0 fully saturated rings. The maximum Gasteiger partial charge on any atom is 0.344 e. The van der Waals surface area contributed by atoms with Gasteiger partial charge in [-0.05, 0) is 23.5 Å². The van der Waals surface area contributed by atoms with Crippen LogP contribution in [0.2, 0.25) is 0 Å². The minimum atomic E-state index is -0.556. The first-order valence-corrected chi connectivity index (χ1v) is 5.17. The van der Waals surface area contributed by atoms with E-state index >= 15 is 0 Å². The number of thiazole rings is 1.